The minimum Gasteiger partial charge on any atom is -0.398 e. The summed E-state index contributed by atoms with van der Waals surface area (Å²) in [6.07, 6.45) is 2.39. The van der Waals surface area contributed by atoms with E-state index < -0.39 is 0 Å². The fourth-order valence-corrected chi connectivity index (χ4v) is 2.37. The first kappa shape index (κ1) is 12.5. The zero-order valence-corrected chi connectivity index (χ0v) is 11.1. The van der Waals surface area contributed by atoms with Gasteiger partial charge in [0.05, 0.1) is 16.8 Å². The summed E-state index contributed by atoms with van der Waals surface area (Å²) in [7, 11) is 0. The Labute approximate surface area is 107 Å². The van der Waals surface area contributed by atoms with Crippen LogP contribution in [0.15, 0.2) is 12.1 Å². The molecule has 2 unspecified atom stereocenters. The van der Waals surface area contributed by atoms with Gasteiger partial charge in [-0.05, 0) is 44.4 Å². The van der Waals surface area contributed by atoms with Crippen molar-refractivity contribution < 1.29 is 4.74 Å². The van der Waals surface area contributed by atoms with E-state index in [2.05, 4.69) is 12.2 Å². The molecule has 17 heavy (non-hydrogen) atoms. The van der Waals surface area contributed by atoms with Crippen LogP contribution in [0.2, 0.25) is 5.02 Å². The number of nitrogens with two attached hydrogens (primary N) is 1. The van der Waals surface area contributed by atoms with Crippen molar-refractivity contribution in [3.63, 3.8) is 0 Å². The van der Waals surface area contributed by atoms with E-state index in [9.17, 15) is 0 Å². The average Bonchev–Trinajstić information content (AvgIpc) is 2.26. The molecule has 0 bridgehead atoms. The van der Waals surface area contributed by atoms with Gasteiger partial charge in [0, 0.05) is 18.3 Å². The van der Waals surface area contributed by atoms with E-state index in [1.807, 2.05) is 19.1 Å². The van der Waals surface area contributed by atoms with Crippen LogP contribution in [-0.4, -0.2) is 18.8 Å². The first-order valence-electron chi connectivity index (χ1n) is 6.00. The van der Waals surface area contributed by atoms with Gasteiger partial charge in [0.1, 0.15) is 0 Å². The Morgan fingerprint density at radius 2 is 2.24 bits per heavy atom. The number of aryl methyl sites for hydroxylation is 1. The summed E-state index contributed by atoms with van der Waals surface area (Å²) in [5.41, 5.74) is 8.60. The molecule has 1 aromatic carbocycles. The van der Waals surface area contributed by atoms with Gasteiger partial charge in [-0.1, -0.05) is 11.6 Å². The molecular formula is C13H19ClN2O. The second kappa shape index (κ2) is 5.15. The molecule has 1 saturated heterocycles. The molecule has 3 N–H and O–H groups in total. The lowest BCUT2D eigenvalue weighted by Crippen LogP contribution is -2.32. The first-order chi connectivity index (χ1) is 8.06. The van der Waals surface area contributed by atoms with Gasteiger partial charge in [-0.15, -0.1) is 0 Å². The van der Waals surface area contributed by atoms with Crippen molar-refractivity contribution >= 4 is 23.0 Å². The topological polar surface area (TPSA) is 47.3 Å². The molecule has 0 radical (unpaired) electrons. The fraction of sp³-hybridized carbons (Fsp3) is 0.538. The summed E-state index contributed by atoms with van der Waals surface area (Å²) in [6.45, 7) is 4.97. The Hall–Kier alpha value is -0.930. The van der Waals surface area contributed by atoms with Crippen molar-refractivity contribution in [1.29, 1.82) is 0 Å². The molecule has 1 fully saturated rings. The fourth-order valence-electron chi connectivity index (χ4n) is 2.21. The lowest BCUT2D eigenvalue weighted by molar-refractivity contribution is 0.0232. The molecule has 0 saturated carbocycles. The van der Waals surface area contributed by atoms with Crippen molar-refractivity contribution in [3.8, 4) is 0 Å². The van der Waals surface area contributed by atoms with E-state index in [1.54, 1.807) is 0 Å². The van der Waals surface area contributed by atoms with Crippen LogP contribution in [0.25, 0.3) is 0 Å². The predicted molar refractivity (Wildman–Crippen MR) is 72.7 cm³/mol. The Morgan fingerprint density at radius 3 is 2.94 bits per heavy atom. The highest BCUT2D eigenvalue weighted by Gasteiger charge is 2.19. The average molecular weight is 255 g/mol. The minimum atomic E-state index is 0.325. The Balaban J connectivity index is 2.10. The number of rotatable bonds is 2. The van der Waals surface area contributed by atoms with Crippen LogP contribution in [-0.2, 0) is 4.74 Å². The quantitative estimate of drug-likeness (QED) is 0.797. The van der Waals surface area contributed by atoms with Gasteiger partial charge in [0.2, 0.25) is 0 Å². The predicted octanol–water partition coefficient (Wildman–Crippen LogP) is 3.21. The van der Waals surface area contributed by atoms with E-state index in [0.717, 1.165) is 30.7 Å². The summed E-state index contributed by atoms with van der Waals surface area (Å²) in [6, 6.07) is 4.27. The minimum absolute atomic E-state index is 0.325. The van der Waals surface area contributed by atoms with Crippen LogP contribution < -0.4 is 11.1 Å². The third-order valence-corrected chi connectivity index (χ3v) is 3.52. The van der Waals surface area contributed by atoms with E-state index in [0.29, 0.717) is 22.9 Å². The van der Waals surface area contributed by atoms with Gasteiger partial charge in [0.15, 0.2) is 0 Å². The monoisotopic (exact) mass is 254 g/mol. The number of hydrogen-bond acceptors (Lipinski definition) is 3. The summed E-state index contributed by atoms with van der Waals surface area (Å²) < 4.78 is 5.53. The van der Waals surface area contributed by atoms with Crippen LogP contribution in [0.4, 0.5) is 11.4 Å². The summed E-state index contributed by atoms with van der Waals surface area (Å²) >= 11 is 6.04. The normalized spacial score (nSPS) is 24.6. The van der Waals surface area contributed by atoms with Gasteiger partial charge in [-0.25, -0.2) is 0 Å². The zero-order valence-electron chi connectivity index (χ0n) is 10.3. The molecule has 1 aliphatic rings. The van der Waals surface area contributed by atoms with E-state index in [-0.39, 0.29) is 0 Å². The molecule has 0 amide bonds. The molecule has 1 aliphatic heterocycles. The summed E-state index contributed by atoms with van der Waals surface area (Å²) in [5.74, 6) is 0. The van der Waals surface area contributed by atoms with E-state index in [4.69, 9.17) is 22.1 Å². The van der Waals surface area contributed by atoms with Gasteiger partial charge < -0.3 is 15.8 Å². The number of benzene rings is 1. The zero-order chi connectivity index (χ0) is 12.4. The van der Waals surface area contributed by atoms with Crippen molar-refractivity contribution in [3.05, 3.63) is 22.7 Å². The number of halogens is 1. The maximum Gasteiger partial charge on any atom is 0.0656 e. The van der Waals surface area contributed by atoms with Crippen LogP contribution in [0, 0.1) is 6.92 Å². The third-order valence-electron chi connectivity index (χ3n) is 3.19. The molecule has 3 nitrogen and oxygen atoms in total. The molecule has 1 heterocycles. The second-order valence-electron chi connectivity index (χ2n) is 4.74. The lowest BCUT2D eigenvalue weighted by Gasteiger charge is -2.29. The largest absolute Gasteiger partial charge is 0.398 e. The molecular weight excluding hydrogens is 236 g/mol. The maximum atomic E-state index is 6.04. The standard InChI is InChI=1S/C13H19ClN2O/c1-8-5-12(15)11(14)7-13(8)16-10-3-4-17-9(2)6-10/h5,7,9-10,16H,3-4,6,15H2,1-2H3. The molecule has 2 rings (SSSR count). The van der Waals surface area contributed by atoms with Crippen molar-refractivity contribution in [2.75, 3.05) is 17.7 Å². The number of ether oxygens (including phenoxy) is 1. The Kier molecular flexibility index (Phi) is 3.79. The maximum absolute atomic E-state index is 6.04. The highest BCUT2D eigenvalue weighted by atomic mass is 35.5. The smallest absolute Gasteiger partial charge is 0.0656 e. The second-order valence-corrected chi connectivity index (χ2v) is 5.14. The van der Waals surface area contributed by atoms with Crippen LogP contribution >= 0.6 is 11.6 Å². The van der Waals surface area contributed by atoms with Crippen LogP contribution in [0.1, 0.15) is 25.3 Å². The summed E-state index contributed by atoms with van der Waals surface area (Å²) in [4.78, 5) is 0. The molecule has 1 aromatic rings. The highest BCUT2D eigenvalue weighted by molar-refractivity contribution is 6.33. The molecule has 94 valence electrons. The summed E-state index contributed by atoms with van der Waals surface area (Å²) in [5, 5.41) is 4.14. The van der Waals surface area contributed by atoms with Gasteiger partial charge >= 0.3 is 0 Å². The molecule has 0 spiro atoms. The van der Waals surface area contributed by atoms with Crippen molar-refractivity contribution in [2.24, 2.45) is 0 Å². The highest BCUT2D eigenvalue weighted by Crippen LogP contribution is 2.28. The third kappa shape index (κ3) is 3.05. The van der Waals surface area contributed by atoms with E-state index >= 15 is 0 Å². The SMILES string of the molecule is Cc1cc(N)c(Cl)cc1NC1CCOC(C)C1. The Bertz CT molecular complexity index is 409. The van der Waals surface area contributed by atoms with E-state index in [1.165, 1.54) is 0 Å². The van der Waals surface area contributed by atoms with Crippen molar-refractivity contribution in [1.82, 2.24) is 0 Å². The van der Waals surface area contributed by atoms with Gasteiger partial charge in [-0.2, -0.15) is 0 Å². The number of hydrogen-bond donors (Lipinski definition) is 2. The first-order valence-corrected chi connectivity index (χ1v) is 6.38. The molecule has 0 aromatic heterocycles. The number of nitrogens with one attached hydrogen (secondary N) is 1. The number of nitrogen functional groups attached to an aromatic ring is 1. The van der Waals surface area contributed by atoms with Gasteiger partial charge in [0.25, 0.3) is 0 Å². The van der Waals surface area contributed by atoms with Crippen LogP contribution in [0.3, 0.4) is 0 Å². The molecule has 0 aliphatic carbocycles. The lowest BCUT2D eigenvalue weighted by atomic mass is 10.0. The van der Waals surface area contributed by atoms with Crippen molar-refractivity contribution in [2.45, 2.75) is 38.8 Å². The number of anilines is 2. The molecule has 4 heteroatoms. The van der Waals surface area contributed by atoms with Gasteiger partial charge in [-0.3, -0.25) is 0 Å². The van der Waals surface area contributed by atoms with Crippen LogP contribution in [0.5, 0.6) is 0 Å². The molecule has 2 atom stereocenters. The Morgan fingerprint density at radius 1 is 1.47 bits per heavy atom.